The van der Waals surface area contributed by atoms with Gasteiger partial charge < -0.3 is 19.5 Å². The molecule has 4 fully saturated rings. The number of fused-ring (bicyclic) bond motifs is 4. The van der Waals surface area contributed by atoms with E-state index < -0.39 is 6.09 Å². The summed E-state index contributed by atoms with van der Waals surface area (Å²) in [5, 5.41) is 10.5. The van der Waals surface area contributed by atoms with Crippen LogP contribution in [-0.2, 0) is 6.42 Å². The van der Waals surface area contributed by atoms with Gasteiger partial charge in [0.25, 0.3) is 0 Å². The van der Waals surface area contributed by atoms with Gasteiger partial charge in [-0.25, -0.2) is 4.79 Å². The number of hydrogen-bond acceptors (Lipinski definition) is 4. The fourth-order valence-electron chi connectivity index (χ4n) is 6.96. The SMILES string of the molecule is COc1ccc(-c2ccc3c(c2)CCC2(CC2)C3N(C(=O)O)[C@@H]2CN3CCC2CC3)cc1OC. The minimum absolute atomic E-state index is 0.0289. The van der Waals surface area contributed by atoms with Crippen LogP contribution in [0.2, 0.25) is 0 Å². The molecule has 3 saturated heterocycles. The van der Waals surface area contributed by atoms with Crippen molar-refractivity contribution < 1.29 is 19.4 Å². The topological polar surface area (TPSA) is 62.2 Å². The molecule has 2 bridgehead atoms. The summed E-state index contributed by atoms with van der Waals surface area (Å²) in [6.45, 7) is 3.13. The van der Waals surface area contributed by atoms with Crippen molar-refractivity contribution in [3.63, 3.8) is 0 Å². The summed E-state index contributed by atoms with van der Waals surface area (Å²) < 4.78 is 10.9. The van der Waals surface area contributed by atoms with Crippen LogP contribution in [0.1, 0.15) is 49.3 Å². The van der Waals surface area contributed by atoms with Crippen molar-refractivity contribution >= 4 is 6.09 Å². The molecule has 1 amide bonds. The van der Waals surface area contributed by atoms with E-state index in [0.29, 0.717) is 11.7 Å². The first-order chi connectivity index (χ1) is 16.5. The van der Waals surface area contributed by atoms with Crippen LogP contribution in [0.5, 0.6) is 11.5 Å². The highest BCUT2D eigenvalue weighted by Crippen LogP contribution is 2.64. The molecule has 2 atom stereocenters. The fraction of sp³-hybridized carbons (Fsp3) is 0.536. The number of hydrogen-bond donors (Lipinski definition) is 1. The Morgan fingerprint density at radius 3 is 2.32 bits per heavy atom. The van der Waals surface area contributed by atoms with Crippen LogP contribution in [0.4, 0.5) is 4.79 Å². The van der Waals surface area contributed by atoms with Crippen molar-refractivity contribution in [2.45, 2.75) is 50.6 Å². The molecular weight excluding hydrogens is 428 g/mol. The molecular formula is C28H34N2O4. The van der Waals surface area contributed by atoms with Gasteiger partial charge in [-0.15, -0.1) is 0 Å². The van der Waals surface area contributed by atoms with E-state index >= 15 is 0 Å². The summed E-state index contributed by atoms with van der Waals surface area (Å²) in [4.78, 5) is 17.2. The van der Waals surface area contributed by atoms with Gasteiger partial charge in [0.15, 0.2) is 11.5 Å². The predicted molar refractivity (Wildman–Crippen MR) is 131 cm³/mol. The Kier molecular flexibility index (Phi) is 5.25. The second-order valence-corrected chi connectivity index (χ2v) is 10.6. The summed E-state index contributed by atoms with van der Waals surface area (Å²) in [5.74, 6) is 1.93. The molecule has 2 aromatic carbocycles. The van der Waals surface area contributed by atoms with E-state index in [2.05, 4.69) is 29.2 Å². The average molecular weight is 463 g/mol. The van der Waals surface area contributed by atoms with Crippen molar-refractivity contribution in [3.8, 4) is 22.6 Å². The lowest BCUT2D eigenvalue weighted by molar-refractivity contribution is -0.0243. The van der Waals surface area contributed by atoms with Crippen LogP contribution in [0.25, 0.3) is 11.1 Å². The van der Waals surface area contributed by atoms with Crippen LogP contribution < -0.4 is 9.47 Å². The molecule has 1 N–H and O–H groups in total. The zero-order valence-corrected chi connectivity index (χ0v) is 20.1. The molecule has 1 spiro atoms. The maximum atomic E-state index is 12.8. The van der Waals surface area contributed by atoms with Crippen LogP contribution in [-0.4, -0.2) is 60.9 Å². The Bertz CT molecular complexity index is 1100. The molecule has 180 valence electrons. The largest absolute Gasteiger partial charge is 0.493 e. The van der Waals surface area contributed by atoms with Crippen LogP contribution in [0, 0.1) is 11.3 Å². The Hall–Kier alpha value is -2.73. The molecule has 6 nitrogen and oxygen atoms in total. The fourth-order valence-corrected chi connectivity index (χ4v) is 6.96. The summed E-state index contributed by atoms with van der Waals surface area (Å²) in [6, 6.07) is 12.7. The highest BCUT2D eigenvalue weighted by molar-refractivity contribution is 5.70. The number of ether oxygens (including phenoxy) is 2. The lowest BCUT2D eigenvalue weighted by Crippen LogP contribution is -2.60. The van der Waals surface area contributed by atoms with Crippen molar-refractivity contribution in [1.29, 1.82) is 0 Å². The first kappa shape index (κ1) is 21.8. The normalized spacial score (nSPS) is 28.3. The van der Waals surface area contributed by atoms with Gasteiger partial charge in [-0.2, -0.15) is 0 Å². The van der Waals surface area contributed by atoms with Crippen molar-refractivity contribution in [2.75, 3.05) is 33.9 Å². The molecule has 34 heavy (non-hydrogen) atoms. The van der Waals surface area contributed by atoms with Gasteiger partial charge >= 0.3 is 6.09 Å². The average Bonchev–Trinajstić information content (AvgIpc) is 3.65. The Balaban J connectivity index is 1.38. The minimum Gasteiger partial charge on any atom is -0.493 e. The van der Waals surface area contributed by atoms with Gasteiger partial charge in [0, 0.05) is 6.54 Å². The molecule has 7 rings (SSSR count). The lowest BCUT2D eigenvalue weighted by Gasteiger charge is -2.52. The smallest absolute Gasteiger partial charge is 0.408 e. The summed E-state index contributed by atoms with van der Waals surface area (Å²) in [7, 11) is 3.30. The summed E-state index contributed by atoms with van der Waals surface area (Å²) >= 11 is 0. The predicted octanol–water partition coefficient (Wildman–Crippen LogP) is 5.21. The standard InChI is InChI=1S/C28H34N2O4/c1-33-24-6-4-20(16-25(24)34-2)19-3-5-22-21(15-19)7-10-28(11-12-28)26(22)30(27(31)32)23-17-29-13-8-18(23)9-14-29/h3-6,15-16,18,23,26H,7-14,17H2,1-2H3,(H,31,32)/t23-,26?/m1/s1. The number of carboxylic acid groups (broad SMARTS) is 1. The maximum Gasteiger partial charge on any atom is 0.408 e. The number of carbonyl (C=O) groups is 1. The quantitative estimate of drug-likeness (QED) is 0.661. The van der Waals surface area contributed by atoms with E-state index in [1.807, 2.05) is 17.0 Å². The van der Waals surface area contributed by atoms with Crippen molar-refractivity contribution in [3.05, 3.63) is 47.5 Å². The van der Waals surface area contributed by atoms with Gasteiger partial charge in [0.05, 0.1) is 26.3 Å². The third-order valence-corrected chi connectivity index (χ3v) is 9.00. The van der Waals surface area contributed by atoms with Crippen LogP contribution >= 0.6 is 0 Å². The number of aryl methyl sites for hydroxylation is 1. The third-order valence-electron chi connectivity index (χ3n) is 9.00. The molecule has 2 aliphatic carbocycles. The van der Waals surface area contributed by atoms with E-state index in [4.69, 9.17) is 9.47 Å². The summed E-state index contributed by atoms with van der Waals surface area (Å²) in [6.07, 6.45) is 5.87. The number of amides is 1. The maximum absolute atomic E-state index is 12.8. The van der Waals surface area contributed by atoms with E-state index in [1.54, 1.807) is 14.2 Å². The van der Waals surface area contributed by atoms with Gasteiger partial charge in [-0.1, -0.05) is 24.3 Å². The molecule has 3 aliphatic heterocycles. The highest BCUT2D eigenvalue weighted by atomic mass is 16.5. The second kappa shape index (κ2) is 8.19. The molecule has 1 saturated carbocycles. The molecule has 2 aromatic rings. The third kappa shape index (κ3) is 3.46. The van der Waals surface area contributed by atoms with Crippen molar-refractivity contribution in [2.24, 2.45) is 11.3 Å². The molecule has 5 aliphatic rings. The van der Waals surface area contributed by atoms with Crippen LogP contribution in [0.15, 0.2) is 36.4 Å². The first-order valence-electron chi connectivity index (χ1n) is 12.6. The molecule has 1 unspecified atom stereocenters. The molecule has 0 radical (unpaired) electrons. The monoisotopic (exact) mass is 462 g/mol. The number of nitrogens with zero attached hydrogens (tertiary/aromatic N) is 2. The van der Waals surface area contributed by atoms with E-state index in [-0.39, 0.29) is 17.5 Å². The molecule has 0 aromatic heterocycles. The Labute approximate surface area is 201 Å². The molecule has 3 heterocycles. The molecule has 6 heteroatoms. The minimum atomic E-state index is -0.744. The lowest BCUT2D eigenvalue weighted by atomic mass is 9.73. The number of piperidine rings is 3. The van der Waals surface area contributed by atoms with E-state index in [0.717, 1.165) is 75.0 Å². The van der Waals surface area contributed by atoms with Gasteiger partial charge in [-0.3, -0.25) is 4.90 Å². The Morgan fingerprint density at radius 1 is 1.00 bits per heavy atom. The number of methoxy groups -OCH3 is 2. The van der Waals surface area contributed by atoms with Gasteiger partial charge in [-0.05, 0) is 97.3 Å². The van der Waals surface area contributed by atoms with Gasteiger partial charge in [0.2, 0.25) is 0 Å². The highest BCUT2D eigenvalue weighted by Gasteiger charge is 2.57. The second-order valence-electron chi connectivity index (χ2n) is 10.6. The number of rotatable bonds is 5. The van der Waals surface area contributed by atoms with Crippen LogP contribution in [0.3, 0.4) is 0 Å². The zero-order valence-electron chi connectivity index (χ0n) is 20.1. The van der Waals surface area contributed by atoms with Crippen molar-refractivity contribution in [1.82, 2.24) is 9.80 Å². The van der Waals surface area contributed by atoms with Gasteiger partial charge in [0.1, 0.15) is 0 Å². The van der Waals surface area contributed by atoms with E-state index in [9.17, 15) is 9.90 Å². The first-order valence-corrected chi connectivity index (χ1v) is 12.6. The summed E-state index contributed by atoms with van der Waals surface area (Å²) in [5.41, 5.74) is 4.86. The van der Waals surface area contributed by atoms with E-state index in [1.165, 1.54) is 11.1 Å². The Morgan fingerprint density at radius 2 is 1.71 bits per heavy atom. The zero-order chi connectivity index (χ0) is 23.4. The number of benzene rings is 2.